The van der Waals surface area contributed by atoms with Crippen molar-refractivity contribution in [1.82, 2.24) is 5.32 Å². The largest absolute Gasteiger partial charge is 0.355 e. The van der Waals surface area contributed by atoms with Gasteiger partial charge in [0.25, 0.3) is 0 Å². The lowest BCUT2D eigenvalue weighted by Crippen LogP contribution is -2.39. The Kier molecular flexibility index (Phi) is 5.65. The minimum atomic E-state index is 0. The predicted molar refractivity (Wildman–Crippen MR) is 87.7 cm³/mol. The summed E-state index contributed by atoms with van der Waals surface area (Å²) >= 11 is 0. The van der Waals surface area contributed by atoms with Gasteiger partial charge in [-0.15, -0.1) is 12.4 Å². The molecule has 3 rings (SSSR count). The van der Waals surface area contributed by atoms with Gasteiger partial charge in [-0.2, -0.15) is 0 Å². The summed E-state index contributed by atoms with van der Waals surface area (Å²) in [6.07, 6.45) is 6.53. The summed E-state index contributed by atoms with van der Waals surface area (Å²) < 4.78 is 0. The second kappa shape index (κ2) is 7.28. The molecule has 0 saturated heterocycles. The van der Waals surface area contributed by atoms with Crippen LogP contribution in [0.3, 0.4) is 0 Å². The molecule has 116 valence electrons. The Labute approximate surface area is 133 Å². The lowest BCUT2D eigenvalue weighted by Gasteiger charge is -2.25. The quantitative estimate of drug-likeness (QED) is 0.879. The molecule has 1 amide bonds. The summed E-state index contributed by atoms with van der Waals surface area (Å²) in [5, 5.41) is 3.02. The van der Waals surface area contributed by atoms with E-state index in [-0.39, 0.29) is 24.4 Å². The Balaban J connectivity index is 0.00000161. The van der Waals surface area contributed by atoms with Crippen molar-refractivity contribution in [3.8, 4) is 0 Å². The molecule has 1 fully saturated rings. The van der Waals surface area contributed by atoms with Gasteiger partial charge >= 0.3 is 0 Å². The standard InChI is InChI=1S/C17H24N2O.ClH/c18-16(13-8-9-13)11-19-17(20)10-14-6-3-5-12-4-1-2-7-15(12)14;/h1-2,4,7,13-14,16H,3,5-6,8-11,18H2,(H,19,20);1H. The fourth-order valence-electron chi connectivity index (χ4n) is 3.29. The van der Waals surface area contributed by atoms with Crippen molar-refractivity contribution in [2.75, 3.05) is 6.54 Å². The summed E-state index contributed by atoms with van der Waals surface area (Å²) in [5.74, 6) is 1.19. The Hall–Kier alpha value is -1.06. The minimum Gasteiger partial charge on any atom is -0.355 e. The van der Waals surface area contributed by atoms with Crippen LogP contribution in [0.2, 0.25) is 0 Å². The number of carbonyl (C=O) groups excluding carboxylic acids is 1. The molecule has 2 atom stereocenters. The van der Waals surface area contributed by atoms with Crippen molar-refractivity contribution in [3.05, 3.63) is 35.4 Å². The fourth-order valence-corrected chi connectivity index (χ4v) is 3.29. The first kappa shape index (κ1) is 16.3. The van der Waals surface area contributed by atoms with E-state index in [1.54, 1.807) is 0 Å². The zero-order valence-electron chi connectivity index (χ0n) is 12.4. The number of nitrogens with two attached hydrogens (primary N) is 1. The second-order valence-corrected chi connectivity index (χ2v) is 6.30. The first-order chi connectivity index (χ1) is 9.74. The molecule has 0 aliphatic heterocycles. The molecular formula is C17H25ClN2O. The highest BCUT2D eigenvalue weighted by Crippen LogP contribution is 2.34. The van der Waals surface area contributed by atoms with Crippen LogP contribution in [0.5, 0.6) is 0 Å². The molecule has 0 spiro atoms. The lowest BCUT2D eigenvalue weighted by atomic mass is 9.81. The first-order valence-electron chi connectivity index (χ1n) is 7.84. The molecule has 21 heavy (non-hydrogen) atoms. The van der Waals surface area contributed by atoms with Crippen molar-refractivity contribution in [3.63, 3.8) is 0 Å². The van der Waals surface area contributed by atoms with Crippen molar-refractivity contribution in [1.29, 1.82) is 0 Å². The molecule has 2 aliphatic rings. The van der Waals surface area contributed by atoms with Gasteiger partial charge in [0, 0.05) is 19.0 Å². The summed E-state index contributed by atoms with van der Waals surface area (Å²) in [4.78, 5) is 12.1. The maximum absolute atomic E-state index is 12.1. The van der Waals surface area contributed by atoms with Crippen molar-refractivity contribution in [2.45, 2.75) is 50.5 Å². The zero-order chi connectivity index (χ0) is 13.9. The number of halogens is 1. The van der Waals surface area contributed by atoms with E-state index in [9.17, 15) is 4.79 Å². The van der Waals surface area contributed by atoms with Crippen LogP contribution in [0.15, 0.2) is 24.3 Å². The highest BCUT2D eigenvalue weighted by Gasteiger charge is 2.29. The average Bonchev–Trinajstić information content (AvgIpc) is 3.30. The van der Waals surface area contributed by atoms with Crippen LogP contribution in [0.4, 0.5) is 0 Å². The van der Waals surface area contributed by atoms with E-state index in [2.05, 4.69) is 29.6 Å². The first-order valence-corrected chi connectivity index (χ1v) is 7.84. The average molecular weight is 309 g/mol. The van der Waals surface area contributed by atoms with Crippen molar-refractivity contribution < 1.29 is 4.79 Å². The second-order valence-electron chi connectivity index (χ2n) is 6.30. The molecule has 2 unspecified atom stereocenters. The minimum absolute atomic E-state index is 0. The smallest absolute Gasteiger partial charge is 0.220 e. The monoisotopic (exact) mass is 308 g/mol. The molecule has 1 aromatic rings. The van der Waals surface area contributed by atoms with Crippen LogP contribution < -0.4 is 11.1 Å². The van der Waals surface area contributed by atoms with Crippen LogP contribution in [0, 0.1) is 5.92 Å². The van der Waals surface area contributed by atoms with E-state index in [1.807, 2.05) is 0 Å². The number of amides is 1. The van der Waals surface area contributed by atoms with Crippen LogP contribution >= 0.6 is 12.4 Å². The Bertz CT molecular complexity index is 487. The van der Waals surface area contributed by atoms with Gasteiger partial charge in [-0.05, 0) is 55.1 Å². The van der Waals surface area contributed by atoms with E-state index in [4.69, 9.17) is 5.73 Å². The van der Waals surface area contributed by atoms with Gasteiger partial charge in [0.2, 0.25) is 5.91 Å². The van der Waals surface area contributed by atoms with Gasteiger partial charge in [-0.25, -0.2) is 0 Å². The molecule has 0 heterocycles. The third kappa shape index (κ3) is 4.21. The van der Waals surface area contributed by atoms with Gasteiger partial charge in [0.05, 0.1) is 0 Å². The summed E-state index contributed by atoms with van der Waals surface area (Å²) in [5.41, 5.74) is 8.82. The highest BCUT2D eigenvalue weighted by atomic mass is 35.5. The normalized spacial score (nSPS) is 21.9. The Morgan fingerprint density at radius 1 is 1.29 bits per heavy atom. The number of benzene rings is 1. The van der Waals surface area contributed by atoms with Crippen molar-refractivity contribution in [2.24, 2.45) is 11.7 Å². The van der Waals surface area contributed by atoms with Crippen LogP contribution in [0.1, 0.15) is 49.1 Å². The number of rotatable bonds is 5. The molecule has 1 aromatic carbocycles. The Morgan fingerprint density at radius 3 is 2.81 bits per heavy atom. The molecule has 4 heteroatoms. The number of hydrogen-bond acceptors (Lipinski definition) is 2. The Morgan fingerprint density at radius 2 is 2.05 bits per heavy atom. The molecule has 0 bridgehead atoms. The summed E-state index contributed by atoms with van der Waals surface area (Å²) in [6.45, 7) is 0.637. The molecule has 0 aromatic heterocycles. The third-order valence-electron chi connectivity index (χ3n) is 4.69. The number of nitrogens with one attached hydrogen (secondary N) is 1. The van der Waals surface area contributed by atoms with E-state index in [0.717, 1.165) is 12.8 Å². The van der Waals surface area contributed by atoms with Crippen LogP contribution in [-0.2, 0) is 11.2 Å². The van der Waals surface area contributed by atoms with Crippen LogP contribution in [-0.4, -0.2) is 18.5 Å². The number of carbonyl (C=O) groups is 1. The number of hydrogen-bond donors (Lipinski definition) is 2. The molecule has 2 aliphatic carbocycles. The molecular weight excluding hydrogens is 284 g/mol. The summed E-state index contributed by atoms with van der Waals surface area (Å²) in [6, 6.07) is 8.70. The van der Waals surface area contributed by atoms with Crippen LogP contribution in [0.25, 0.3) is 0 Å². The number of fused-ring (bicyclic) bond motifs is 1. The third-order valence-corrected chi connectivity index (χ3v) is 4.69. The van der Waals surface area contributed by atoms with E-state index < -0.39 is 0 Å². The summed E-state index contributed by atoms with van der Waals surface area (Å²) in [7, 11) is 0. The lowest BCUT2D eigenvalue weighted by molar-refractivity contribution is -0.121. The van der Waals surface area contributed by atoms with E-state index in [1.165, 1.54) is 30.4 Å². The maximum Gasteiger partial charge on any atom is 0.220 e. The van der Waals surface area contributed by atoms with E-state index in [0.29, 0.717) is 24.8 Å². The van der Waals surface area contributed by atoms with Crippen molar-refractivity contribution >= 4 is 18.3 Å². The fraction of sp³-hybridized carbons (Fsp3) is 0.588. The van der Waals surface area contributed by atoms with Gasteiger partial charge in [-0.3, -0.25) is 4.79 Å². The van der Waals surface area contributed by atoms with Gasteiger partial charge in [-0.1, -0.05) is 24.3 Å². The molecule has 3 nitrogen and oxygen atoms in total. The predicted octanol–water partition coefficient (Wildman–Crippen LogP) is 2.77. The SMILES string of the molecule is Cl.NC(CNC(=O)CC1CCCc2ccccc21)C1CC1. The molecule has 0 radical (unpaired) electrons. The molecule has 3 N–H and O–H groups in total. The topological polar surface area (TPSA) is 55.1 Å². The number of aryl methyl sites for hydroxylation is 1. The van der Waals surface area contributed by atoms with E-state index >= 15 is 0 Å². The highest BCUT2D eigenvalue weighted by molar-refractivity contribution is 5.85. The zero-order valence-corrected chi connectivity index (χ0v) is 13.2. The maximum atomic E-state index is 12.1. The van der Waals surface area contributed by atoms with Gasteiger partial charge < -0.3 is 11.1 Å². The van der Waals surface area contributed by atoms with Gasteiger partial charge in [0.1, 0.15) is 0 Å². The molecule has 1 saturated carbocycles. The van der Waals surface area contributed by atoms with Gasteiger partial charge in [0.15, 0.2) is 0 Å².